The highest BCUT2D eigenvalue weighted by atomic mass is 19.1. The van der Waals surface area contributed by atoms with E-state index in [0.717, 1.165) is 28.2 Å². The number of carbonyl (C=O) groups excluding carboxylic acids is 1. The molecule has 0 fully saturated rings. The molecule has 1 aliphatic heterocycles. The first-order chi connectivity index (χ1) is 14.2. The van der Waals surface area contributed by atoms with Gasteiger partial charge in [0.1, 0.15) is 12.0 Å². The maximum atomic E-state index is 13.4. The van der Waals surface area contributed by atoms with Gasteiger partial charge < -0.3 is 5.32 Å². The predicted octanol–water partition coefficient (Wildman–Crippen LogP) is 4.99. The Bertz CT molecular complexity index is 1170. The summed E-state index contributed by atoms with van der Waals surface area (Å²) in [6.07, 6.45) is 1.23. The number of rotatable bonds is 3. The molecule has 1 amide bonds. The summed E-state index contributed by atoms with van der Waals surface area (Å²) in [5.41, 5.74) is 4.47. The molecule has 2 heterocycles. The molecule has 0 aliphatic carbocycles. The van der Waals surface area contributed by atoms with Gasteiger partial charge in [0.2, 0.25) is 0 Å². The standard InChI is InChI=1S/C23H17FN4O/c24-16-12-10-15(11-13-16)21-19(14-25-27-21)22-26-20-9-5-4-8-18(20)23(29)28(22)17-6-2-1-3-7-17/h1-14,22,26H,(H,25,27). The van der Waals surface area contributed by atoms with Gasteiger partial charge in [0.25, 0.3) is 5.91 Å². The first-order valence-corrected chi connectivity index (χ1v) is 9.26. The molecule has 1 aliphatic rings. The van der Waals surface area contributed by atoms with Crippen molar-refractivity contribution in [3.05, 3.63) is 102 Å². The Morgan fingerprint density at radius 3 is 2.41 bits per heavy atom. The van der Waals surface area contributed by atoms with Crippen LogP contribution in [-0.4, -0.2) is 16.1 Å². The Morgan fingerprint density at radius 1 is 0.897 bits per heavy atom. The van der Waals surface area contributed by atoms with Crippen molar-refractivity contribution in [3.63, 3.8) is 0 Å². The maximum Gasteiger partial charge on any atom is 0.262 e. The number of carbonyl (C=O) groups is 1. The number of nitrogens with zero attached hydrogens (tertiary/aromatic N) is 2. The van der Waals surface area contributed by atoms with Gasteiger partial charge in [-0.2, -0.15) is 5.10 Å². The van der Waals surface area contributed by atoms with E-state index < -0.39 is 6.17 Å². The van der Waals surface area contributed by atoms with Crippen molar-refractivity contribution in [2.24, 2.45) is 0 Å². The van der Waals surface area contributed by atoms with Crippen LogP contribution in [0.4, 0.5) is 15.8 Å². The Kier molecular flexibility index (Phi) is 4.09. The van der Waals surface area contributed by atoms with E-state index >= 15 is 0 Å². The van der Waals surface area contributed by atoms with Crippen molar-refractivity contribution in [2.45, 2.75) is 6.17 Å². The van der Waals surface area contributed by atoms with Gasteiger partial charge in [-0.1, -0.05) is 30.3 Å². The quantitative estimate of drug-likeness (QED) is 0.523. The predicted molar refractivity (Wildman–Crippen MR) is 110 cm³/mol. The van der Waals surface area contributed by atoms with Gasteiger partial charge in [0.05, 0.1) is 17.5 Å². The Balaban J connectivity index is 1.66. The number of para-hydroxylation sites is 2. The van der Waals surface area contributed by atoms with Crippen LogP contribution in [0.25, 0.3) is 11.3 Å². The Morgan fingerprint density at radius 2 is 1.62 bits per heavy atom. The highest BCUT2D eigenvalue weighted by molar-refractivity contribution is 6.12. The fourth-order valence-electron chi connectivity index (χ4n) is 3.68. The third kappa shape index (κ3) is 2.95. The van der Waals surface area contributed by atoms with E-state index in [1.807, 2.05) is 54.6 Å². The number of halogens is 1. The molecule has 5 rings (SSSR count). The van der Waals surface area contributed by atoms with Gasteiger partial charge in [-0.05, 0) is 48.5 Å². The molecule has 0 radical (unpaired) electrons. The minimum Gasteiger partial charge on any atom is -0.360 e. The summed E-state index contributed by atoms with van der Waals surface area (Å²) in [5, 5.41) is 10.7. The van der Waals surface area contributed by atoms with Gasteiger partial charge in [-0.15, -0.1) is 0 Å². The van der Waals surface area contributed by atoms with Crippen LogP contribution >= 0.6 is 0 Å². The van der Waals surface area contributed by atoms with Crippen LogP contribution in [0.1, 0.15) is 22.1 Å². The lowest BCUT2D eigenvalue weighted by atomic mass is 10.0. The molecule has 0 spiro atoms. The maximum absolute atomic E-state index is 13.4. The van der Waals surface area contributed by atoms with E-state index in [1.165, 1.54) is 12.1 Å². The second-order valence-electron chi connectivity index (χ2n) is 6.81. The SMILES string of the molecule is O=C1c2ccccc2NC(c2cn[nH]c2-c2ccc(F)cc2)N1c1ccccc1. The highest BCUT2D eigenvalue weighted by Crippen LogP contribution is 2.39. The number of amides is 1. The van der Waals surface area contributed by atoms with E-state index in [2.05, 4.69) is 15.5 Å². The molecule has 142 valence electrons. The molecule has 4 aromatic rings. The third-order valence-electron chi connectivity index (χ3n) is 5.06. The molecule has 3 aromatic carbocycles. The lowest BCUT2D eigenvalue weighted by molar-refractivity contribution is 0.0975. The second kappa shape index (κ2) is 6.91. The van der Waals surface area contributed by atoms with Gasteiger partial charge in [-0.3, -0.25) is 14.8 Å². The van der Waals surface area contributed by atoms with Gasteiger partial charge >= 0.3 is 0 Å². The van der Waals surface area contributed by atoms with Gasteiger partial charge in [0, 0.05) is 22.5 Å². The summed E-state index contributed by atoms with van der Waals surface area (Å²) in [4.78, 5) is 15.1. The zero-order chi connectivity index (χ0) is 19.8. The van der Waals surface area contributed by atoms with E-state index in [4.69, 9.17) is 0 Å². The fraction of sp³-hybridized carbons (Fsp3) is 0.0435. The summed E-state index contributed by atoms with van der Waals surface area (Å²) in [5.74, 6) is -0.401. The van der Waals surface area contributed by atoms with Crippen molar-refractivity contribution in [1.29, 1.82) is 0 Å². The third-order valence-corrected chi connectivity index (χ3v) is 5.06. The number of benzene rings is 3. The summed E-state index contributed by atoms with van der Waals surface area (Å²) in [6.45, 7) is 0. The Hall–Kier alpha value is -3.93. The molecule has 1 aromatic heterocycles. The number of aromatic amines is 1. The number of H-pyrrole nitrogens is 1. The zero-order valence-corrected chi connectivity index (χ0v) is 15.3. The minimum atomic E-state index is -0.474. The van der Waals surface area contributed by atoms with Crippen LogP contribution in [0.2, 0.25) is 0 Å². The van der Waals surface area contributed by atoms with Crippen LogP contribution in [0.15, 0.2) is 85.1 Å². The van der Waals surface area contributed by atoms with Crippen molar-refractivity contribution in [1.82, 2.24) is 10.2 Å². The number of anilines is 2. The molecular weight excluding hydrogens is 367 g/mol. The van der Waals surface area contributed by atoms with E-state index in [1.54, 1.807) is 23.2 Å². The smallest absolute Gasteiger partial charge is 0.262 e. The van der Waals surface area contributed by atoms with Gasteiger partial charge in [-0.25, -0.2) is 4.39 Å². The molecular formula is C23H17FN4O. The molecule has 5 nitrogen and oxygen atoms in total. The van der Waals surface area contributed by atoms with Crippen molar-refractivity contribution < 1.29 is 9.18 Å². The van der Waals surface area contributed by atoms with E-state index in [9.17, 15) is 9.18 Å². The van der Waals surface area contributed by atoms with Crippen LogP contribution in [-0.2, 0) is 0 Å². The lowest BCUT2D eigenvalue weighted by Gasteiger charge is -2.38. The lowest BCUT2D eigenvalue weighted by Crippen LogP contribution is -2.43. The number of hydrogen-bond acceptors (Lipinski definition) is 3. The summed E-state index contributed by atoms with van der Waals surface area (Å²) in [6, 6.07) is 23.2. The molecule has 0 saturated carbocycles. The van der Waals surface area contributed by atoms with E-state index in [-0.39, 0.29) is 11.7 Å². The molecule has 6 heteroatoms. The fourth-order valence-corrected chi connectivity index (χ4v) is 3.68. The number of nitrogens with one attached hydrogen (secondary N) is 2. The topological polar surface area (TPSA) is 61.0 Å². The average Bonchev–Trinajstić information content (AvgIpc) is 3.24. The Labute approximate surface area is 166 Å². The summed E-state index contributed by atoms with van der Waals surface area (Å²) in [7, 11) is 0. The number of hydrogen-bond donors (Lipinski definition) is 2. The van der Waals surface area contributed by atoms with Crippen LogP contribution in [0.5, 0.6) is 0 Å². The van der Waals surface area contributed by atoms with Crippen molar-refractivity contribution >= 4 is 17.3 Å². The van der Waals surface area contributed by atoms with E-state index in [0.29, 0.717) is 5.56 Å². The minimum absolute atomic E-state index is 0.0955. The molecule has 0 saturated heterocycles. The number of aromatic nitrogens is 2. The normalized spacial score (nSPS) is 15.7. The molecule has 2 N–H and O–H groups in total. The first kappa shape index (κ1) is 17.2. The summed E-state index contributed by atoms with van der Waals surface area (Å²) < 4.78 is 13.4. The number of fused-ring (bicyclic) bond motifs is 1. The highest BCUT2D eigenvalue weighted by Gasteiger charge is 2.35. The second-order valence-corrected chi connectivity index (χ2v) is 6.81. The van der Waals surface area contributed by atoms with Crippen LogP contribution in [0.3, 0.4) is 0 Å². The van der Waals surface area contributed by atoms with Gasteiger partial charge in [0.15, 0.2) is 0 Å². The zero-order valence-electron chi connectivity index (χ0n) is 15.3. The molecule has 1 unspecified atom stereocenters. The van der Waals surface area contributed by atoms with Crippen molar-refractivity contribution in [3.8, 4) is 11.3 Å². The van der Waals surface area contributed by atoms with Crippen molar-refractivity contribution in [2.75, 3.05) is 10.2 Å². The van der Waals surface area contributed by atoms with Crippen LogP contribution in [0, 0.1) is 5.82 Å². The molecule has 0 bridgehead atoms. The largest absolute Gasteiger partial charge is 0.360 e. The summed E-state index contributed by atoms with van der Waals surface area (Å²) >= 11 is 0. The molecule has 29 heavy (non-hydrogen) atoms. The first-order valence-electron chi connectivity index (χ1n) is 9.26. The molecule has 1 atom stereocenters. The average molecular weight is 384 g/mol. The monoisotopic (exact) mass is 384 g/mol. The van der Waals surface area contributed by atoms with Crippen LogP contribution < -0.4 is 10.2 Å².